The Bertz CT molecular complexity index is 1170. The monoisotopic (exact) mass is 517 g/mol. The van der Waals surface area contributed by atoms with Crippen molar-refractivity contribution in [1.82, 2.24) is 15.0 Å². The van der Waals surface area contributed by atoms with Crippen LogP contribution in [-0.4, -0.2) is 32.4 Å². The van der Waals surface area contributed by atoms with Crippen LogP contribution in [0.4, 0.5) is 23.4 Å². The van der Waals surface area contributed by atoms with Gasteiger partial charge in [0.1, 0.15) is 17.3 Å². The summed E-state index contributed by atoms with van der Waals surface area (Å²) in [5.74, 6) is -1.74. The van der Waals surface area contributed by atoms with Gasteiger partial charge in [0.25, 0.3) is 10.2 Å². The smallest absolute Gasteiger partial charge is 0.356 e. The molecule has 192 valence electrons. The topological polar surface area (TPSA) is 117 Å². The maximum absolute atomic E-state index is 14.4. The molecular formula is C22H27F4N5O3S. The minimum Gasteiger partial charge on any atom is -0.356 e. The third-order valence-electron chi connectivity index (χ3n) is 5.79. The van der Waals surface area contributed by atoms with Crippen molar-refractivity contribution in [3.63, 3.8) is 0 Å². The lowest BCUT2D eigenvalue weighted by Gasteiger charge is -2.30. The molecule has 4 N–H and O–H groups in total. The Morgan fingerprint density at radius 2 is 1.77 bits per heavy atom. The number of anilines is 1. The Morgan fingerprint density at radius 3 is 2.37 bits per heavy atom. The molecule has 0 unspecified atom stereocenters. The van der Waals surface area contributed by atoms with E-state index in [2.05, 4.69) is 10.3 Å². The molecule has 0 spiro atoms. The molecule has 1 aromatic heterocycles. The SMILES string of the molecule is C[C@@H](C(=O)NCc1ccc(C(F)(F)F)nc1N1CCCCC1)c1ccc(CNS(N)(=O)=O)c(F)c1. The first-order valence-electron chi connectivity index (χ1n) is 11.0. The van der Waals surface area contributed by atoms with E-state index in [0.29, 0.717) is 24.2 Å². The van der Waals surface area contributed by atoms with Crippen LogP contribution < -0.4 is 20.1 Å². The largest absolute Gasteiger partial charge is 0.433 e. The number of pyridine rings is 1. The van der Waals surface area contributed by atoms with Crippen LogP contribution in [0.3, 0.4) is 0 Å². The number of halogens is 4. The highest BCUT2D eigenvalue weighted by molar-refractivity contribution is 7.87. The second kappa shape index (κ2) is 10.9. The first-order valence-corrected chi connectivity index (χ1v) is 12.6. The highest BCUT2D eigenvalue weighted by Gasteiger charge is 2.34. The van der Waals surface area contributed by atoms with Gasteiger partial charge in [-0.1, -0.05) is 18.2 Å². The van der Waals surface area contributed by atoms with Gasteiger partial charge in [0.2, 0.25) is 5.91 Å². The van der Waals surface area contributed by atoms with Gasteiger partial charge in [0.15, 0.2) is 0 Å². The van der Waals surface area contributed by atoms with Gasteiger partial charge in [0.05, 0.1) is 5.92 Å². The van der Waals surface area contributed by atoms with E-state index in [-0.39, 0.29) is 24.5 Å². The van der Waals surface area contributed by atoms with Gasteiger partial charge in [-0.15, -0.1) is 0 Å². The Labute approximate surface area is 201 Å². The van der Waals surface area contributed by atoms with Crippen molar-refractivity contribution < 1.29 is 30.8 Å². The van der Waals surface area contributed by atoms with Gasteiger partial charge in [-0.3, -0.25) is 4.79 Å². The molecule has 1 amide bonds. The number of rotatable bonds is 8. The Morgan fingerprint density at radius 1 is 1.11 bits per heavy atom. The van der Waals surface area contributed by atoms with Crippen molar-refractivity contribution in [2.75, 3.05) is 18.0 Å². The number of hydrogen-bond acceptors (Lipinski definition) is 5. The van der Waals surface area contributed by atoms with Crippen molar-refractivity contribution in [2.24, 2.45) is 5.14 Å². The van der Waals surface area contributed by atoms with Crippen LogP contribution in [0.25, 0.3) is 0 Å². The van der Waals surface area contributed by atoms with E-state index in [1.165, 1.54) is 18.2 Å². The van der Waals surface area contributed by atoms with Crippen LogP contribution in [0, 0.1) is 5.82 Å². The molecule has 13 heteroatoms. The molecule has 0 radical (unpaired) electrons. The quantitative estimate of drug-likeness (QED) is 0.466. The first-order chi connectivity index (χ1) is 16.3. The van der Waals surface area contributed by atoms with E-state index in [1.807, 2.05) is 4.72 Å². The summed E-state index contributed by atoms with van der Waals surface area (Å²) in [6, 6.07) is 6.18. The lowest BCUT2D eigenvalue weighted by Crippen LogP contribution is -2.33. The summed E-state index contributed by atoms with van der Waals surface area (Å²) < 4.78 is 78.0. The number of carbonyl (C=O) groups excluding carboxylic acids is 1. The number of nitrogens with zero attached hydrogens (tertiary/aromatic N) is 2. The van der Waals surface area contributed by atoms with E-state index in [4.69, 9.17) is 5.14 Å². The van der Waals surface area contributed by atoms with E-state index in [9.17, 15) is 30.8 Å². The van der Waals surface area contributed by atoms with Crippen LogP contribution >= 0.6 is 0 Å². The lowest BCUT2D eigenvalue weighted by atomic mass is 9.98. The van der Waals surface area contributed by atoms with E-state index in [1.54, 1.807) is 11.8 Å². The lowest BCUT2D eigenvalue weighted by molar-refractivity contribution is -0.141. The Balaban J connectivity index is 1.72. The molecule has 0 bridgehead atoms. The Kier molecular flexibility index (Phi) is 8.34. The van der Waals surface area contributed by atoms with Gasteiger partial charge in [0, 0.05) is 37.3 Å². The van der Waals surface area contributed by atoms with Crippen molar-refractivity contribution in [3.8, 4) is 0 Å². The van der Waals surface area contributed by atoms with Crippen LogP contribution in [0.5, 0.6) is 0 Å². The number of amides is 1. The van der Waals surface area contributed by atoms with Gasteiger partial charge in [-0.05, 0) is 43.9 Å². The normalized spacial score (nSPS) is 15.7. The third kappa shape index (κ3) is 7.36. The van der Waals surface area contributed by atoms with E-state index < -0.39 is 39.7 Å². The van der Waals surface area contributed by atoms with Gasteiger partial charge in [-0.2, -0.15) is 26.3 Å². The summed E-state index contributed by atoms with van der Waals surface area (Å²) >= 11 is 0. The summed E-state index contributed by atoms with van der Waals surface area (Å²) in [4.78, 5) is 18.4. The Hall–Kier alpha value is -2.77. The fraction of sp³-hybridized carbons (Fsp3) is 0.455. The molecule has 3 rings (SSSR count). The number of alkyl halides is 3. The number of aromatic nitrogens is 1. The number of hydrogen-bond donors (Lipinski definition) is 3. The number of nitrogens with two attached hydrogens (primary N) is 1. The molecular weight excluding hydrogens is 490 g/mol. The number of piperidine rings is 1. The predicted molar refractivity (Wildman–Crippen MR) is 122 cm³/mol. The van der Waals surface area contributed by atoms with Crippen molar-refractivity contribution in [2.45, 2.75) is 51.4 Å². The van der Waals surface area contributed by atoms with Crippen molar-refractivity contribution in [3.05, 3.63) is 58.5 Å². The summed E-state index contributed by atoms with van der Waals surface area (Å²) in [6.07, 6.45) is -1.91. The minimum absolute atomic E-state index is 0.0427. The van der Waals surface area contributed by atoms with Gasteiger partial charge < -0.3 is 10.2 Å². The molecule has 1 fully saturated rings. The minimum atomic E-state index is -4.58. The molecule has 0 aliphatic carbocycles. The van der Waals surface area contributed by atoms with Crippen molar-refractivity contribution in [1.29, 1.82) is 0 Å². The molecule has 2 heterocycles. The van der Waals surface area contributed by atoms with Crippen LogP contribution in [0.2, 0.25) is 0 Å². The molecule has 1 aliphatic heterocycles. The van der Waals surface area contributed by atoms with E-state index in [0.717, 1.165) is 31.4 Å². The maximum Gasteiger partial charge on any atom is 0.433 e. The second-order valence-corrected chi connectivity index (χ2v) is 9.76. The van der Waals surface area contributed by atoms with Crippen LogP contribution in [0.15, 0.2) is 30.3 Å². The fourth-order valence-electron chi connectivity index (χ4n) is 3.79. The molecule has 1 atom stereocenters. The molecule has 35 heavy (non-hydrogen) atoms. The van der Waals surface area contributed by atoms with Crippen LogP contribution in [-0.2, 0) is 34.3 Å². The number of nitrogens with one attached hydrogen (secondary N) is 2. The zero-order valence-electron chi connectivity index (χ0n) is 19.0. The molecule has 0 saturated carbocycles. The molecule has 2 aromatic rings. The average Bonchev–Trinajstić information content (AvgIpc) is 2.80. The summed E-state index contributed by atoms with van der Waals surface area (Å²) in [5, 5.41) is 7.54. The molecule has 1 aliphatic rings. The highest BCUT2D eigenvalue weighted by atomic mass is 32.2. The summed E-state index contributed by atoms with van der Waals surface area (Å²) in [5.41, 5.74) is -0.136. The number of carbonyl (C=O) groups is 1. The third-order valence-corrected chi connectivity index (χ3v) is 6.34. The zero-order valence-corrected chi connectivity index (χ0v) is 19.8. The average molecular weight is 518 g/mol. The van der Waals surface area contributed by atoms with Gasteiger partial charge in [-0.25, -0.2) is 14.5 Å². The number of benzene rings is 1. The van der Waals surface area contributed by atoms with E-state index >= 15 is 0 Å². The van der Waals surface area contributed by atoms with Crippen LogP contribution in [0.1, 0.15) is 54.5 Å². The molecule has 8 nitrogen and oxygen atoms in total. The summed E-state index contributed by atoms with van der Waals surface area (Å²) in [6.45, 7) is 2.34. The highest BCUT2D eigenvalue weighted by Crippen LogP contribution is 2.31. The first kappa shape index (κ1) is 26.8. The fourth-order valence-corrected chi connectivity index (χ4v) is 4.15. The predicted octanol–water partition coefficient (Wildman–Crippen LogP) is 2.94. The maximum atomic E-state index is 14.4. The van der Waals surface area contributed by atoms with Crippen molar-refractivity contribution >= 4 is 21.9 Å². The van der Waals surface area contributed by atoms with Gasteiger partial charge >= 0.3 is 6.18 Å². The molecule has 1 aromatic carbocycles. The zero-order chi connectivity index (χ0) is 25.8. The second-order valence-electron chi connectivity index (χ2n) is 8.38. The standard InChI is InChI=1S/C22H27F4N5O3S/c1-14(15-5-6-16(18(23)11-15)13-29-35(27,33)34)21(32)28-12-17-7-8-19(22(24,25)26)30-20(17)31-9-3-2-4-10-31/h5-8,11,14,29H,2-4,9-10,12-13H2,1H3,(H,28,32)(H2,27,33,34)/t14-/m1/s1. The molecule has 1 saturated heterocycles. The summed E-state index contributed by atoms with van der Waals surface area (Å²) in [7, 11) is -3.99.